The zero-order valence-corrected chi connectivity index (χ0v) is 14.1. The van der Waals surface area contributed by atoms with Gasteiger partial charge in [-0.05, 0) is 52.4 Å². The zero-order valence-electron chi connectivity index (χ0n) is 11.7. The second-order valence-electron chi connectivity index (χ2n) is 4.36. The van der Waals surface area contributed by atoms with Crippen LogP contribution < -0.4 is 16.2 Å². The second-order valence-corrected chi connectivity index (χ2v) is 5.62. The Bertz CT molecular complexity index is 767. The van der Waals surface area contributed by atoms with Gasteiger partial charge in [-0.15, -0.1) is 0 Å². The molecule has 2 aromatic rings. The minimum Gasteiger partial charge on any atom is -0.507 e. The van der Waals surface area contributed by atoms with E-state index in [1.54, 1.807) is 36.4 Å². The number of nitrogens with one attached hydrogen (secondary N) is 3. The highest BCUT2D eigenvalue weighted by molar-refractivity contribution is 9.10. The lowest BCUT2D eigenvalue weighted by atomic mass is 10.2. The van der Waals surface area contributed by atoms with Gasteiger partial charge in [0.15, 0.2) is 5.11 Å². The van der Waals surface area contributed by atoms with E-state index in [0.29, 0.717) is 10.0 Å². The smallest absolute Gasteiger partial charge is 0.273 e. The number of amides is 2. The predicted molar refractivity (Wildman–Crippen MR) is 92.9 cm³/mol. The van der Waals surface area contributed by atoms with Gasteiger partial charge in [0.2, 0.25) is 0 Å². The van der Waals surface area contributed by atoms with Crippen LogP contribution in [0, 0.1) is 0 Å². The fourth-order valence-electron chi connectivity index (χ4n) is 1.69. The molecule has 4 N–H and O–H groups in total. The van der Waals surface area contributed by atoms with Crippen LogP contribution in [0.3, 0.4) is 0 Å². The third-order valence-electron chi connectivity index (χ3n) is 2.78. The first kappa shape index (κ1) is 16.9. The molecule has 0 aliphatic heterocycles. The summed E-state index contributed by atoms with van der Waals surface area (Å²) < 4.78 is 0.624. The van der Waals surface area contributed by atoms with Crippen LogP contribution >= 0.6 is 28.1 Å². The standard InChI is InChI=1S/C15H12BrN3O3S/c16-11-7-3-1-5-9(11)13(21)17-15(23)19-18-14(22)10-6-2-4-8-12(10)20/h1-8,20H,(H,18,22)(H2,17,19,21,23). The van der Waals surface area contributed by atoms with Crippen molar-refractivity contribution in [2.75, 3.05) is 0 Å². The summed E-state index contributed by atoms with van der Waals surface area (Å²) in [6, 6.07) is 12.9. The van der Waals surface area contributed by atoms with Crippen LogP contribution in [-0.4, -0.2) is 22.0 Å². The number of para-hydroxylation sites is 1. The number of phenolic OH excluding ortho intramolecular Hbond substituents is 1. The Labute approximate surface area is 146 Å². The summed E-state index contributed by atoms with van der Waals surface area (Å²) in [5, 5.41) is 11.9. The molecule has 0 atom stereocenters. The number of hydrogen-bond acceptors (Lipinski definition) is 4. The highest BCUT2D eigenvalue weighted by Gasteiger charge is 2.13. The number of hydrazine groups is 1. The zero-order chi connectivity index (χ0) is 16.8. The van der Waals surface area contributed by atoms with Crippen LogP contribution in [0.5, 0.6) is 5.75 Å². The van der Waals surface area contributed by atoms with Crippen molar-refractivity contribution in [3.63, 3.8) is 0 Å². The molecule has 0 heterocycles. The first-order valence-electron chi connectivity index (χ1n) is 6.43. The Morgan fingerprint density at radius 2 is 1.52 bits per heavy atom. The monoisotopic (exact) mass is 393 g/mol. The number of thiocarbonyl (C=S) groups is 1. The topological polar surface area (TPSA) is 90.5 Å². The minimum absolute atomic E-state index is 0.0745. The number of aromatic hydroxyl groups is 1. The number of halogens is 1. The van der Waals surface area contributed by atoms with E-state index >= 15 is 0 Å². The quantitative estimate of drug-likeness (QED) is 0.463. The molecule has 0 saturated heterocycles. The van der Waals surface area contributed by atoms with Crippen molar-refractivity contribution in [3.8, 4) is 5.75 Å². The summed E-state index contributed by atoms with van der Waals surface area (Å²) in [6.07, 6.45) is 0. The molecule has 0 unspecified atom stereocenters. The molecular weight excluding hydrogens is 382 g/mol. The van der Waals surface area contributed by atoms with Gasteiger partial charge in [-0.3, -0.25) is 25.8 Å². The van der Waals surface area contributed by atoms with E-state index in [9.17, 15) is 14.7 Å². The van der Waals surface area contributed by atoms with Crippen molar-refractivity contribution >= 4 is 45.1 Å². The van der Waals surface area contributed by atoms with Crippen molar-refractivity contribution in [1.29, 1.82) is 0 Å². The highest BCUT2D eigenvalue weighted by atomic mass is 79.9. The van der Waals surface area contributed by atoms with E-state index < -0.39 is 11.8 Å². The van der Waals surface area contributed by atoms with E-state index in [-0.39, 0.29) is 16.4 Å². The lowest BCUT2D eigenvalue weighted by Gasteiger charge is -2.11. The molecule has 0 aromatic heterocycles. The number of hydrogen-bond donors (Lipinski definition) is 4. The first-order valence-corrected chi connectivity index (χ1v) is 7.63. The molecule has 23 heavy (non-hydrogen) atoms. The molecule has 0 aliphatic carbocycles. The van der Waals surface area contributed by atoms with E-state index in [0.717, 1.165) is 0 Å². The molecule has 2 amide bonds. The predicted octanol–water partition coefficient (Wildman–Crippen LogP) is 2.10. The van der Waals surface area contributed by atoms with Gasteiger partial charge in [0.05, 0.1) is 11.1 Å². The summed E-state index contributed by atoms with van der Waals surface area (Å²) in [5.74, 6) is -1.16. The summed E-state index contributed by atoms with van der Waals surface area (Å²) in [5.41, 5.74) is 5.19. The third kappa shape index (κ3) is 4.51. The molecule has 0 saturated carbocycles. The SMILES string of the molecule is O=C(NNC(=S)NC(=O)c1ccccc1Br)c1ccccc1O. The van der Waals surface area contributed by atoms with Crippen LogP contribution in [0.15, 0.2) is 53.0 Å². The summed E-state index contributed by atoms with van der Waals surface area (Å²) >= 11 is 8.20. The molecular formula is C15H12BrN3O3S. The Balaban J connectivity index is 1.91. The second kappa shape index (κ2) is 7.70. The Hall–Kier alpha value is -2.45. The molecule has 0 radical (unpaired) electrons. The number of carbonyl (C=O) groups is 2. The van der Waals surface area contributed by atoms with Crippen molar-refractivity contribution in [2.24, 2.45) is 0 Å². The summed E-state index contributed by atoms with van der Waals surface area (Å²) in [6.45, 7) is 0. The van der Waals surface area contributed by atoms with Crippen molar-refractivity contribution in [3.05, 3.63) is 64.1 Å². The molecule has 0 fully saturated rings. The summed E-state index contributed by atoms with van der Waals surface area (Å²) in [7, 11) is 0. The molecule has 118 valence electrons. The molecule has 0 bridgehead atoms. The van der Waals surface area contributed by atoms with Crippen molar-refractivity contribution < 1.29 is 14.7 Å². The first-order chi connectivity index (χ1) is 11.0. The van der Waals surface area contributed by atoms with Gasteiger partial charge < -0.3 is 5.11 Å². The van der Waals surface area contributed by atoms with E-state index in [1.807, 2.05) is 0 Å². The van der Waals surface area contributed by atoms with Crippen LogP contribution in [0.1, 0.15) is 20.7 Å². The van der Waals surface area contributed by atoms with Crippen molar-refractivity contribution in [1.82, 2.24) is 16.2 Å². The number of phenols is 1. The maximum atomic E-state index is 12.0. The van der Waals surface area contributed by atoms with Gasteiger partial charge >= 0.3 is 0 Å². The maximum Gasteiger partial charge on any atom is 0.273 e. The van der Waals surface area contributed by atoms with Crippen molar-refractivity contribution in [2.45, 2.75) is 0 Å². The number of benzene rings is 2. The van der Waals surface area contributed by atoms with E-state index in [1.165, 1.54) is 12.1 Å². The lowest BCUT2D eigenvalue weighted by Crippen LogP contribution is -2.48. The average molecular weight is 394 g/mol. The largest absolute Gasteiger partial charge is 0.507 e. The summed E-state index contributed by atoms with van der Waals surface area (Å²) in [4.78, 5) is 23.9. The minimum atomic E-state index is -0.583. The van der Waals surface area contributed by atoms with Gasteiger partial charge in [0, 0.05) is 4.47 Å². The third-order valence-corrected chi connectivity index (χ3v) is 3.68. The molecule has 6 nitrogen and oxygen atoms in total. The number of rotatable bonds is 2. The highest BCUT2D eigenvalue weighted by Crippen LogP contribution is 2.15. The maximum absolute atomic E-state index is 12.0. The van der Waals surface area contributed by atoms with Crippen LogP contribution in [-0.2, 0) is 0 Å². The Kier molecular flexibility index (Phi) is 5.67. The van der Waals surface area contributed by atoms with Crippen LogP contribution in [0.2, 0.25) is 0 Å². The average Bonchev–Trinajstić information content (AvgIpc) is 2.53. The molecule has 2 rings (SSSR count). The molecule has 0 aliphatic rings. The van der Waals surface area contributed by atoms with E-state index in [2.05, 4.69) is 32.1 Å². The fourth-order valence-corrected chi connectivity index (χ4v) is 2.30. The lowest BCUT2D eigenvalue weighted by molar-refractivity contribution is 0.0932. The molecule has 0 spiro atoms. The van der Waals surface area contributed by atoms with Gasteiger partial charge in [-0.1, -0.05) is 24.3 Å². The van der Waals surface area contributed by atoms with Gasteiger partial charge in [-0.25, -0.2) is 0 Å². The Morgan fingerprint density at radius 3 is 2.17 bits per heavy atom. The molecule has 2 aromatic carbocycles. The van der Waals surface area contributed by atoms with Gasteiger partial charge in [-0.2, -0.15) is 0 Å². The van der Waals surface area contributed by atoms with Crippen LogP contribution in [0.4, 0.5) is 0 Å². The van der Waals surface area contributed by atoms with Gasteiger partial charge in [0.25, 0.3) is 11.8 Å². The number of carbonyl (C=O) groups excluding carboxylic acids is 2. The normalized spacial score (nSPS) is 9.78. The fraction of sp³-hybridized carbons (Fsp3) is 0. The van der Waals surface area contributed by atoms with Gasteiger partial charge in [0.1, 0.15) is 5.75 Å². The Morgan fingerprint density at radius 1 is 0.913 bits per heavy atom. The molecule has 8 heteroatoms. The van der Waals surface area contributed by atoms with E-state index in [4.69, 9.17) is 12.2 Å². The van der Waals surface area contributed by atoms with Crippen LogP contribution in [0.25, 0.3) is 0 Å².